The molecule has 0 unspecified atom stereocenters. The van der Waals surface area contributed by atoms with Crippen LogP contribution in [-0.2, 0) is 10.8 Å². The number of nitrogens with zero attached hydrogens (tertiary/aromatic N) is 1. The van der Waals surface area contributed by atoms with Crippen molar-refractivity contribution in [3.05, 3.63) is 283 Å². The van der Waals surface area contributed by atoms with Crippen LogP contribution in [0.2, 0.25) is 0 Å². The average molecular weight is 982 g/mol. The Bertz CT molecular complexity index is 4390. The molecule has 0 N–H and O–H groups in total. The lowest BCUT2D eigenvalue weighted by molar-refractivity contribution is 0.660. The highest BCUT2D eigenvalue weighted by atomic mass is 15.1. The van der Waals surface area contributed by atoms with Gasteiger partial charge < -0.3 is 4.90 Å². The molecule has 0 saturated carbocycles. The standard InChI is InChI=1S/C76H55N/c1-75(2)67-34-20-19-25-55(67)56-42-37-49(45-68(56)75)73-63-30-15-17-32-65(63)74(66-33-18-16-31-64(66)73)51-39-44-58-57-43-38-50(46-69(57)76(3,4)70(58)47-51)72-61-28-13-11-26-59(61)71(60-27-12-14-29-62(60)72)48-35-40-54(41-36-48)77(52-21-7-5-8-22-52)53-23-9-6-10-24-53/h5-47H,1-4H3. The zero-order chi connectivity index (χ0) is 51.6. The van der Waals surface area contributed by atoms with E-state index in [4.69, 9.17) is 0 Å². The van der Waals surface area contributed by atoms with Crippen molar-refractivity contribution < 1.29 is 0 Å². The van der Waals surface area contributed by atoms with Crippen LogP contribution < -0.4 is 4.90 Å². The normalized spacial score (nSPS) is 13.7. The van der Waals surface area contributed by atoms with Gasteiger partial charge in [-0.1, -0.05) is 234 Å². The van der Waals surface area contributed by atoms with Crippen molar-refractivity contribution in [2.45, 2.75) is 38.5 Å². The van der Waals surface area contributed by atoms with E-state index in [1.165, 1.54) is 132 Å². The Kier molecular flexibility index (Phi) is 10.0. The lowest BCUT2D eigenvalue weighted by Gasteiger charge is -2.26. The minimum absolute atomic E-state index is 0.0843. The van der Waals surface area contributed by atoms with Crippen molar-refractivity contribution in [3.8, 4) is 66.8 Å². The molecule has 0 bridgehead atoms. The van der Waals surface area contributed by atoms with Crippen LogP contribution in [-0.4, -0.2) is 0 Å². The van der Waals surface area contributed by atoms with E-state index < -0.39 is 0 Å². The Morgan fingerprint density at radius 1 is 0.221 bits per heavy atom. The van der Waals surface area contributed by atoms with Gasteiger partial charge in [-0.2, -0.15) is 0 Å². The van der Waals surface area contributed by atoms with E-state index in [2.05, 4.69) is 293 Å². The molecule has 0 fully saturated rings. The van der Waals surface area contributed by atoms with Crippen molar-refractivity contribution in [1.82, 2.24) is 0 Å². The van der Waals surface area contributed by atoms with Crippen molar-refractivity contribution in [2.24, 2.45) is 0 Å². The molecule has 1 nitrogen and oxygen atoms in total. The summed E-state index contributed by atoms with van der Waals surface area (Å²) in [5.74, 6) is 0. The van der Waals surface area contributed by atoms with E-state index in [0.29, 0.717) is 0 Å². The summed E-state index contributed by atoms with van der Waals surface area (Å²) in [6, 6.07) is 97.4. The minimum Gasteiger partial charge on any atom is -0.311 e. The summed E-state index contributed by atoms with van der Waals surface area (Å²) in [4.78, 5) is 2.33. The molecule has 15 rings (SSSR count). The molecule has 0 atom stereocenters. The maximum absolute atomic E-state index is 2.52. The van der Waals surface area contributed by atoms with Crippen LogP contribution in [0.25, 0.3) is 110 Å². The van der Waals surface area contributed by atoms with Gasteiger partial charge in [0.05, 0.1) is 0 Å². The summed E-state index contributed by atoms with van der Waals surface area (Å²) in [6.07, 6.45) is 0. The molecule has 0 aliphatic heterocycles. The molecule has 13 aromatic rings. The second kappa shape index (κ2) is 17.1. The zero-order valence-corrected chi connectivity index (χ0v) is 43.8. The van der Waals surface area contributed by atoms with Crippen LogP contribution in [0.3, 0.4) is 0 Å². The number of hydrogen-bond donors (Lipinski definition) is 0. The molecule has 0 amide bonds. The minimum atomic E-state index is -0.252. The third-order valence-electron chi connectivity index (χ3n) is 17.4. The maximum atomic E-state index is 2.52. The average Bonchev–Trinajstić information content (AvgIpc) is 3.97. The first kappa shape index (κ1) is 45.1. The van der Waals surface area contributed by atoms with Gasteiger partial charge in [0.1, 0.15) is 0 Å². The summed E-state index contributed by atoms with van der Waals surface area (Å²) in [6.45, 7) is 9.61. The van der Waals surface area contributed by atoms with E-state index in [1.54, 1.807) is 0 Å². The monoisotopic (exact) mass is 981 g/mol. The molecule has 13 aromatic carbocycles. The van der Waals surface area contributed by atoms with Gasteiger partial charge in [0, 0.05) is 27.9 Å². The number of anilines is 3. The quantitative estimate of drug-likeness (QED) is 0.144. The molecule has 2 aliphatic carbocycles. The number of para-hydroxylation sites is 2. The molecular weight excluding hydrogens is 927 g/mol. The van der Waals surface area contributed by atoms with Crippen LogP contribution >= 0.6 is 0 Å². The Morgan fingerprint density at radius 3 is 0.844 bits per heavy atom. The first-order valence-corrected chi connectivity index (χ1v) is 27.2. The van der Waals surface area contributed by atoms with E-state index >= 15 is 0 Å². The largest absolute Gasteiger partial charge is 0.311 e. The van der Waals surface area contributed by atoms with Crippen molar-refractivity contribution in [3.63, 3.8) is 0 Å². The summed E-state index contributed by atoms with van der Waals surface area (Å²) < 4.78 is 0. The molecule has 0 radical (unpaired) electrons. The smallest absolute Gasteiger partial charge is 0.0462 e. The molecule has 1 heteroatoms. The predicted octanol–water partition coefficient (Wildman–Crippen LogP) is 21.0. The van der Waals surface area contributed by atoms with Crippen LogP contribution in [0.4, 0.5) is 17.1 Å². The lowest BCUT2D eigenvalue weighted by Crippen LogP contribution is -2.15. The van der Waals surface area contributed by atoms with Gasteiger partial charge in [-0.3, -0.25) is 0 Å². The fourth-order valence-corrected chi connectivity index (χ4v) is 13.8. The fourth-order valence-electron chi connectivity index (χ4n) is 13.8. The number of fused-ring (bicyclic) bond motifs is 10. The van der Waals surface area contributed by atoms with Gasteiger partial charge in [-0.15, -0.1) is 0 Å². The van der Waals surface area contributed by atoms with E-state index in [0.717, 1.165) is 17.1 Å². The SMILES string of the molecule is CC1(C)c2ccccc2-c2ccc(-c3c4ccccc4c(-c4ccc5c(c4)C(C)(C)c4cc(-c6c7ccccc7c(-c7ccc(N(c8ccccc8)c8ccccc8)cc7)c7ccccc67)ccc4-5)c4ccccc34)cc21. The highest BCUT2D eigenvalue weighted by Crippen LogP contribution is 2.55. The fraction of sp³-hybridized carbons (Fsp3) is 0.0789. The molecule has 2 aliphatic rings. The second-order valence-corrected chi connectivity index (χ2v) is 22.3. The van der Waals surface area contributed by atoms with Crippen LogP contribution in [0.1, 0.15) is 49.9 Å². The summed E-state index contributed by atoms with van der Waals surface area (Å²) in [5, 5.41) is 10.1. The van der Waals surface area contributed by atoms with Crippen LogP contribution in [0, 0.1) is 0 Å². The summed E-state index contributed by atoms with van der Waals surface area (Å²) in [7, 11) is 0. The molecule has 0 heterocycles. The van der Waals surface area contributed by atoms with Gasteiger partial charge in [-0.25, -0.2) is 0 Å². The molecule has 0 saturated heterocycles. The Hall–Kier alpha value is -9.30. The van der Waals surface area contributed by atoms with E-state index in [9.17, 15) is 0 Å². The van der Waals surface area contributed by atoms with Crippen molar-refractivity contribution in [1.29, 1.82) is 0 Å². The van der Waals surface area contributed by atoms with E-state index in [1.807, 2.05) is 0 Å². The zero-order valence-electron chi connectivity index (χ0n) is 43.8. The first-order valence-electron chi connectivity index (χ1n) is 27.2. The first-order chi connectivity index (χ1) is 37.7. The van der Waals surface area contributed by atoms with Crippen LogP contribution in [0.15, 0.2) is 261 Å². The molecule has 364 valence electrons. The van der Waals surface area contributed by atoms with Gasteiger partial charge in [0.2, 0.25) is 0 Å². The van der Waals surface area contributed by atoms with Crippen LogP contribution in [0.5, 0.6) is 0 Å². The Morgan fingerprint density at radius 2 is 0.481 bits per heavy atom. The summed E-state index contributed by atoms with van der Waals surface area (Å²) >= 11 is 0. The summed E-state index contributed by atoms with van der Waals surface area (Å²) in [5.41, 5.74) is 24.0. The van der Waals surface area contributed by atoms with E-state index in [-0.39, 0.29) is 10.8 Å². The molecule has 77 heavy (non-hydrogen) atoms. The Balaban J connectivity index is 0.834. The topological polar surface area (TPSA) is 3.24 Å². The number of benzene rings is 13. The van der Waals surface area contributed by atoms with Gasteiger partial charge in [0.15, 0.2) is 0 Å². The van der Waals surface area contributed by atoms with Gasteiger partial charge in [0.25, 0.3) is 0 Å². The molecular formula is C76H55N. The number of rotatable bonds is 7. The third kappa shape index (κ3) is 6.80. The highest BCUT2D eigenvalue weighted by Gasteiger charge is 2.38. The van der Waals surface area contributed by atoms with Gasteiger partial charge >= 0.3 is 0 Å². The predicted molar refractivity (Wildman–Crippen MR) is 328 cm³/mol. The molecule has 0 spiro atoms. The third-order valence-corrected chi connectivity index (χ3v) is 17.4. The molecule has 0 aromatic heterocycles. The highest BCUT2D eigenvalue weighted by molar-refractivity contribution is 6.23. The second-order valence-electron chi connectivity index (χ2n) is 22.3. The van der Waals surface area contributed by atoms with Crippen molar-refractivity contribution >= 4 is 60.2 Å². The lowest BCUT2D eigenvalue weighted by atomic mass is 9.79. The maximum Gasteiger partial charge on any atom is 0.0462 e. The van der Waals surface area contributed by atoms with Crippen molar-refractivity contribution in [2.75, 3.05) is 4.90 Å². The number of hydrogen-bond acceptors (Lipinski definition) is 1. The Labute approximate surface area is 451 Å². The van der Waals surface area contributed by atoms with Gasteiger partial charge in [-0.05, 0) is 187 Å².